The maximum atomic E-state index is 12.9. The van der Waals surface area contributed by atoms with Crippen molar-refractivity contribution < 1.29 is 19.1 Å². The van der Waals surface area contributed by atoms with Crippen LogP contribution in [0.25, 0.3) is 10.9 Å². The van der Waals surface area contributed by atoms with Gasteiger partial charge in [-0.05, 0) is 49.2 Å². The van der Waals surface area contributed by atoms with Crippen LogP contribution in [0.1, 0.15) is 33.7 Å². The molecule has 30 heavy (non-hydrogen) atoms. The summed E-state index contributed by atoms with van der Waals surface area (Å²) in [6, 6.07) is 16.1. The normalized spacial score (nSPS) is 16.3. The van der Waals surface area contributed by atoms with Crippen LogP contribution in [-0.4, -0.2) is 47.9 Å². The van der Waals surface area contributed by atoms with Gasteiger partial charge < -0.3 is 19.9 Å². The first kappa shape index (κ1) is 19.7. The van der Waals surface area contributed by atoms with Gasteiger partial charge in [-0.2, -0.15) is 0 Å². The van der Waals surface area contributed by atoms with E-state index in [1.807, 2.05) is 30.3 Å². The van der Waals surface area contributed by atoms with Gasteiger partial charge >= 0.3 is 5.97 Å². The molecular formula is C23H23N3O4. The van der Waals surface area contributed by atoms with Gasteiger partial charge in [-0.25, -0.2) is 4.79 Å². The number of esters is 1. The molecule has 0 saturated carbocycles. The number of rotatable bonds is 4. The molecule has 7 nitrogen and oxygen atoms in total. The minimum Gasteiger partial charge on any atom is -0.465 e. The molecule has 2 N–H and O–H groups in total. The molecule has 1 aliphatic heterocycles. The Morgan fingerprint density at radius 3 is 2.60 bits per heavy atom. The van der Waals surface area contributed by atoms with Gasteiger partial charge in [0, 0.05) is 29.7 Å². The van der Waals surface area contributed by atoms with E-state index >= 15 is 0 Å². The average molecular weight is 405 g/mol. The third-order valence-electron chi connectivity index (χ3n) is 5.41. The number of aromatic amines is 1. The van der Waals surface area contributed by atoms with Crippen LogP contribution in [0.4, 0.5) is 5.69 Å². The zero-order valence-corrected chi connectivity index (χ0v) is 16.7. The Bertz CT molecular complexity index is 1050. The van der Waals surface area contributed by atoms with E-state index in [2.05, 4.69) is 15.0 Å². The molecule has 0 bridgehead atoms. The molecule has 1 saturated heterocycles. The van der Waals surface area contributed by atoms with Crippen LogP contribution >= 0.6 is 0 Å². The van der Waals surface area contributed by atoms with Crippen LogP contribution in [0.3, 0.4) is 0 Å². The van der Waals surface area contributed by atoms with Crippen molar-refractivity contribution in [3.05, 3.63) is 65.9 Å². The van der Waals surface area contributed by atoms with E-state index in [0.717, 1.165) is 23.7 Å². The minimum atomic E-state index is -0.425. The quantitative estimate of drug-likeness (QED) is 0.651. The highest BCUT2D eigenvalue weighted by molar-refractivity contribution is 5.99. The lowest BCUT2D eigenvalue weighted by Crippen LogP contribution is -2.43. The summed E-state index contributed by atoms with van der Waals surface area (Å²) in [5.74, 6) is -0.931. The van der Waals surface area contributed by atoms with Gasteiger partial charge in [0.25, 0.3) is 5.91 Å². The Balaban J connectivity index is 1.41. The lowest BCUT2D eigenvalue weighted by Gasteiger charge is -2.31. The summed E-state index contributed by atoms with van der Waals surface area (Å²) < 4.78 is 4.68. The third-order valence-corrected chi connectivity index (χ3v) is 5.41. The van der Waals surface area contributed by atoms with Crippen molar-refractivity contribution in [2.24, 2.45) is 5.92 Å². The second-order valence-electron chi connectivity index (χ2n) is 7.42. The van der Waals surface area contributed by atoms with Crippen LogP contribution < -0.4 is 5.32 Å². The van der Waals surface area contributed by atoms with Crippen LogP contribution in [0.5, 0.6) is 0 Å². The summed E-state index contributed by atoms with van der Waals surface area (Å²) in [6.07, 6.45) is 1.49. The Hall–Kier alpha value is -3.61. The van der Waals surface area contributed by atoms with E-state index in [4.69, 9.17) is 0 Å². The summed E-state index contributed by atoms with van der Waals surface area (Å²) in [5, 5.41) is 3.87. The molecule has 7 heteroatoms. The monoisotopic (exact) mass is 405 g/mol. The fourth-order valence-electron chi connectivity index (χ4n) is 3.79. The number of benzene rings is 2. The molecule has 1 atom stereocenters. The summed E-state index contributed by atoms with van der Waals surface area (Å²) in [4.78, 5) is 42.1. The van der Waals surface area contributed by atoms with Gasteiger partial charge in [-0.3, -0.25) is 9.59 Å². The number of hydrogen-bond donors (Lipinski definition) is 2. The Labute approximate surface area is 174 Å². The van der Waals surface area contributed by atoms with Crippen molar-refractivity contribution in [2.75, 3.05) is 25.5 Å². The van der Waals surface area contributed by atoms with E-state index < -0.39 is 5.97 Å². The number of para-hydroxylation sites is 1. The van der Waals surface area contributed by atoms with E-state index in [9.17, 15) is 14.4 Å². The van der Waals surface area contributed by atoms with E-state index in [-0.39, 0.29) is 17.7 Å². The van der Waals surface area contributed by atoms with Gasteiger partial charge in [-0.15, -0.1) is 0 Å². The molecule has 2 heterocycles. The number of aromatic nitrogens is 1. The molecule has 1 aliphatic rings. The minimum absolute atomic E-state index is 0.0915. The molecule has 3 aromatic rings. The summed E-state index contributed by atoms with van der Waals surface area (Å²) in [6.45, 7) is 1.01. The van der Waals surface area contributed by atoms with Gasteiger partial charge in [0.2, 0.25) is 5.91 Å². The topological polar surface area (TPSA) is 91.5 Å². The van der Waals surface area contributed by atoms with Crippen LogP contribution in [0.2, 0.25) is 0 Å². The van der Waals surface area contributed by atoms with Crippen LogP contribution in [0.15, 0.2) is 54.6 Å². The standard InChI is InChI=1S/C23H23N3O4/c1-30-23(29)15-8-10-18(11-9-15)24-21(27)17-6-4-12-26(14-17)22(28)20-13-16-5-2-3-7-19(16)25-20/h2-3,5,7-11,13,17,25H,4,6,12,14H2,1H3,(H,24,27)/t17-/m1/s1. The maximum absolute atomic E-state index is 12.9. The SMILES string of the molecule is COC(=O)c1ccc(NC(=O)[C@@H]2CCCN(C(=O)c3cc4ccccc4[nH]3)C2)cc1. The number of H-pyrrole nitrogens is 1. The van der Waals surface area contributed by atoms with Crippen LogP contribution in [0, 0.1) is 5.92 Å². The number of nitrogens with zero attached hydrogens (tertiary/aromatic N) is 1. The van der Waals surface area contributed by atoms with Crippen molar-refractivity contribution in [2.45, 2.75) is 12.8 Å². The molecule has 0 aliphatic carbocycles. The first-order valence-corrected chi connectivity index (χ1v) is 9.91. The molecule has 1 fully saturated rings. The second kappa shape index (κ2) is 8.41. The highest BCUT2D eigenvalue weighted by Crippen LogP contribution is 2.22. The zero-order valence-electron chi connectivity index (χ0n) is 16.7. The first-order valence-electron chi connectivity index (χ1n) is 9.91. The number of likely N-dealkylation sites (tertiary alicyclic amines) is 1. The Morgan fingerprint density at radius 2 is 1.87 bits per heavy atom. The molecule has 0 unspecified atom stereocenters. The summed E-state index contributed by atoms with van der Waals surface area (Å²) in [7, 11) is 1.32. The molecule has 0 spiro atoms. The molecule has 1 aromatic heterocycles. The van der Waals surface area contributed by atoms with Gasteiger partial charge in [-0.1, -0.05) is 18.2 Å². The molecular weight excluding hydrogens is 382 g/mol. The number of amides is 2. The maximum Gasteiger partial charge on any atom is 0.337 e. The highest BCUT2D eigenvalue weighted by atomic mass is 16.5. The summed E-state index contributed by atoms with van der Waals surface area (Å²) >= 11 is 0. The Morgan fingerprint density at radius 1 is 1.10 bits per heavy atom. The zero-order chi connectivity index (χ0) is 21.1. The molecule has 154 valence electrons. The molecule has 2 amide bonds. The lowest BCUT2D eigenvalue weighted by molar-refractivity contribution is -0.121. The fraction of sp³-hybridized carbons (Fsp3) is 0.261. The predicted octanol–water partition coefficient (Wildman–Crippen LogP) is 3.45. The van der Waals surface area contributed by atoms with Crippen LogP contribution in [-0.2, 0) is 9.53 Å². The van der Waals surface area contributed by atoms with Crippen molar-refractivity contribution in [3.63, 3.8) is 0 Å². The predicted molar refractivity (Wildman–Crippen MR) is 113 cm³/mol. The number of carbonyl (C=O) groups is 3. The lowest BCUT2D eigenvalue weighted by atomic mass is 9.96. The number of ether oxygens (including phenoxy) is 1. The smallest absolute Gasteiger partial charge is 0.337 e. The highest BCUT2D eigenvalue weighted by Gasteiger charge is 2.29. The number of fused-ring (bicyclic) bond motifs is 1. The number of anilines is 1. The van der Waals surface area contributed by atoms with Crippen molar-refractivity contribution in [3.8, 4) is 0 Å². The average Bonchev–Trinajstić information content (AvgIpc) is 3.23. The van der Waals surface area contributed by atoms with Crippen molar-refractivity contribution in [1.82, 2.24) is 9.88 Å². The largest absolute Gasteiger partial charge is 0.465 e. The first-order chi connectivity index (χ1) is 14.5. The number of piperidine rings is 1. The fourth-order valence-corrected chi connectivity index (χ4v) is 3.79. The second-order valence-corrected chi connectivity index (χ2v) is 7.42. The van der Waals surface area contributed by atoms with Gasteiger partial charge in [0.05, 0.1) is 18.6 Å². The third kappa shape index (κ3) is 4.05. The molecule has 2 aromatic carbocycles. The van der Waals surface area contributed by atoms with E-state index in [1.165, 1.54) is 7.11 Å². The Kier molecular flexibility index (Phi) is 5.52. The molecule has 0 radical (unpaired) electrons. The summed E-state index contributed by atoms with van der Waals surface area (Å²) in [5.41, 5.74) is 2.48. The number of hydrogen-bond acceptors (Lipinski definition) is 4. The van der Waals surface area contributed by atoms with Crippen molar-refractivity contribution in [1.29, 1.82) is 0 Å². The van der Waals surface area contributed by atoms with Gasteiger partial charge in [0.1, 0.15) is 5.69 Å². The van der Waals surface area contributed by atoms with E-state index in [1.54, 1.807) is 29.2 Å². The van der Waals surface area contributed by atoms with Crippen molar-refractivity contribution >= 4 is 34.4 Å². The number of methoxy groups -OCH3 is 1. The number of nitrogens with one attached hydrogen (secondary N) is 2. The van der Waals surface area contributed by atoms with E-state index in [0.29, 0.717) is 30.0 Å². The molecule has 4 rings (SSSR count). The number of carbonyl (C=O) groups excluding carboxylic acids is 3. The van der Waals surface area contributed by atoms with Gasteiger partial charge in [0.15, 0.2) is 0 Å².